The van der Waals surface area contributed by atoms with Gasteiger partial charge in [0.25, 0.3) is 5.56 Å². The minimum Gasteiger partial charge on any atom is -0.480 e. The molecule has 4 heterocycles. The number of rotatable bonds is 4. The van der Waals surface area contributed by atoms with Gasteiger partial charge in [-0.05, 0) is 30.5 Å². The van der Waals surface area contributed by atoms with Crippen LogP contribution in [0.25, 0.3) is 10.9 Å². The van der Waals surface area contributed by atoms with E-state index in [1.807, 2.05) is 15.5 Å². The van der Waals surface area contributed by atoms with Crippen molar-refractivity contribution in [2.45, 2.75) is 24.9 Å². The van der Waals surface area contributed by atoms with E-state index in [4.69, 9.17) is 0 Å². The number of hydrogen-bond donors (Lipinski definition) is 2. The number of hydrogen-bond acceptors (Lipinski definition) is 4. The fraction of sp³-hybridized carbons (Fsp3) is 0.348. The van der Waals surface area contributed by atoms with Gasteiger partial charge in [-0.25, -0.2) is 4.79 Å². The van der Waals surface area contributed by atoms with Crippen molar-refractivity contribution in [3.63, 3.8) is 0 Å². The van der Waals surface area contributed by atoms with Crippen molar-refractivity contribution in [1.29, 1.82) is 0 Å². The highest BCUT2D eigenvalue weighted by molar-refractivity contribution is 5.96. The fourth-order valence-electron chi connectivity index (χ4n) is 5.40. The summed E-state index contributed by atoms with van der Waals surface area (Å²) in [5.74, 6) is -1.63. The maximum absolute atomic E-state index is 12.4. The summed E-state index contributed by atoms with van der Waals surface area (Å²) in [5, 5.41) is 20.2. The zero-order valence-corrected chi connectivity index (χ0v) is 17.1. The van der Waals surface area contributed by atoms with Crippen molar-refractivity contribution in [3.05, 3.63) is 69.8 Å². The number of likely N-dealkylation sites (tertiary alicyclic amines) is 1. The first kappa shape index (κ1) is 19.6. The molecule has 0 saturated carbocycles. The van der Waals surface area contributed by atoms with Crippen LogP contribution in [-0.4, -0.2) is 49.3 Å². The van der Waals surface area contributed by atoms with Crippen LogP contribution < -0.4 is 5.56 Å². The first-order valence-corrected chi connectivity index (χ1v) is 10.3. The van der Waals surface area contributed by atoms with Gasteiger partial charge in [-0.1, -0.05) is 12.1 Å². The number of carbonyl (C=O) groups is 2. The van der Waals surface area contributed by atoms with Crippen LogP contribution in [0.2, 0.25) is 0 Å². The van der Waals surface area contributed by atoms with E-state index in [1.165, 1.54) is 6.07 Å². The molecule has 5 rings (SSSR count). The van der Waals surface area contributed by atoms with Gasteiger partial charge in [0.15, 0.2) is 0 Å². The zero-order chi connectivity index (χ0) is 21.9. The summed E-state index contributed by atoms with van der Waals surface area (Å²) in [6, 6.07) is 9.26. The van der Waals surface area contributed by atoms with E-state index in [0.717, 1.165) is 17.5 Å². The molecule has 0 radical (unpaired) electrons. The predicted octanol–water partition coefficient (Wildman–Crippen LogP) is 2.28. The number of piperidine rings is 1. The number of pyridine rings is 1. The van der Waals surface area contributed by atoms with Gasteiger partial charge in [0.1, 0.15) is 6.04 Å². The summed E-state index contributed by atoms with van der Waals surface area (Å²) in [4.78, 5) is 38.1. The fourth-order valence-corrected chi connectivity index (χ4v) is 5.40. The Labute approximate surface area is 177 Å². The molecule has 2 aromatic heterocycles. The molecular weight excluding hydrogens is 398 g/mol. The molecule has 0 unspecified atom stereocenters. The third kappa shape index (κ3) is 3.14. The van der Waals surface area contributed by atoms with Crippen LogP contribution in [0.4, 0.5) is 0 Å². The Morgan fingerprint density at radius 1 is 1.10 bits per heavy atom. The second kappa shape index (κ2) is 7.09. The summed E-state index contributed by atoms with van der Waals surface area (Å²) >= 11 is 0. The Hall–Kier alpha value is -3.39. The van der Waals surface area contributed by atoms with E-state index >= 15 is 0 Å². The molecule has 0 spiro atoms. The lowest BCUT2D eigenvalue weighted by molar-refractivity contribution is -0.144. The van der Waals surface area contributed by atoms with Crippen LogP contribution in [0.1, 0.15) is 40.0 Å². The molecule has 1 saturated heterocycles. The first-order valence-electron chi connectivity index (χ1n) is 10.3. The second-order valence-electron chi connectivity index (χ2n) is 8.63. The third-order valence-electron chi connectivity index (χ3n) is 6.67. The quantitative estimate of drug-likeness (QED) is 0.670. The molecule has 0 amide bonds. The molecule has 3 aromatic rings. The summed E-state index contributed by atoms with van der Waals surface area (Å²) in [7, 11) is 1.80. The lowest BCUT2D eigenvalue weighted by Crippen LogP contribution is -2.49. The Kier molecular flexibility index (Phi) is 4.48. The molecule has 2 aliphatic heterocycles. The topological polar surface area (TPSA) is 105 Å². The molecule has 31 heavy (non-hydrogen) atoms. The standard InChI is InChI=1S/C23H23N3O5/c1-24-12-17(16-6-5-14(22(28)29)8-19(16)24)21(23(30)31)25-9-13-7-15(11-25)18-3-2-4-20(27)26(18)10-13/h2-6,8,12-13,15,21H,7,9-11H2,1H3,(H,28,29)(H,30,31)/t13-,15-,21-/m1/s1. The number of benzene rings is 1. The molecule has 1 aromatic carbocycles. The van der Waals surface area contributed by atoms with E-state index in [2.05, 4.69) is 0 Å². The highest BCUT2D eigenvalue weighted by Crippen LogP contribution is 2.40. The van der Waals surface area contributed by atoms with Crippen LogP contribution in [0.3, 0.4) is 0 Å². The molecule has 2 bridgehead atoms. The predicted molar refractivity (Wildman–Crippen MR) is 113 cm³/mol. The van der Waals surface area contributed by atoms with Crippen molar-refractivity contribution < 1.29 is 19.8 Å². The van der Waals surface area contributed by atoms with Gasteiger partial charge in [0.05, 0.1) is 5.56 Å². The first-order chi connectivity index (χ1) is 14.8. The van der Waals surface area contributed by atoms with E-state index in [9.17, 15) is 24.6 Å². The van der Waals surface area contributed by atoms with Crippen molar-refractivity contribution in [2.24, 2.45) is 13.0 Å². The molecule has 1 fully saturated rings. The minimum absolute atomic E-state index is 0.00118. The normalized spacial score (nSPS) is 21.6. The van der Waals surface area contributed by atoms with Gasteiger partial charge in [0, 0.05) is 67.0 Å². The van der Waals surface area contributed by atoms with Crippen molar-refractivity contribution in [2.75, 3.05) is 13.1 Å². The highest BCUT2D eigenvalue weighted by atomic mass is 16.4. The van der Waals surface area contributed by atoms with Crippen LogP contribution >= 0.6 is 0 Å². The van der Waals surface area contributed by atoms with Crippen LogP contribution in [-0.2, 0) is 18.4 Å². The number of carboxylic acids is 2. The molecule has 160 valence electrons. The average molecular weight is 421 g/mol. The van der Waals surface area contributed by atoms with Gasteiger partial charge >= 0.3 is 11.9 Å². The lowest BCUT2D eigenvalue weighted by atomic mass is 9.82. The summed E-state index contributed by atoms with van der Waals surface area (Å²) in [6.07, 6.45) is 2.74. The van der Waals surface area contributed by atoms with Crippen molar-refractivity contribution in [1.82, 2.24) is 14.0 Å². The number of aromatic carboxylic acids is 1. The summed E-state index contributed by atoms with van der Waals surface area (Å²) < 4.78 is 3.62. The number of fused-ring (bicyclic) bond motifs is 5. The maximum Gasteiger partial charge on any atom is 0.335 e. The van der Waals surface area contributed by atoms with Gasteiger partial charge in [0.2, 0.25) is 0 Å². The van der Waals surface area contributed by atoms with Crippen LogP contribution in [0.5, 0.6) is 0 Å². The SMILES string of the molecule is Cn1cc([C@H](C(=O)O)N2C[C@H]3C[C@H](C2)c2cccc(=O)n2C3)c2ccc(C(=O)O)cc21. The van der Waals surface area contributed by atoms with Crippen molar-refractivity contribution >= 4 is 22.8 Å². The number of aliphatic carboxylic acids is 1. The Morgan fingerprint density at radius 2 is 1.90 bits per heavy atom. The molecule has 8 heteroatoms. The van der Waals surface area contributed by atoms with E-state index in [-0.39, 0.29) is 23.0 Å². The second-order valence-corrected chi connectivity index (χ2v) is 8.63. The zero-order valence-electron chi connectivity index (χ0n) is 17.1. The van der Waals surface area contributed by atoms with E-state index < -0.39 is 18.0 Å². The summed E-state index contributed by atoms with van der Waals surface area (Å²) in [5.41, 5.74) is 2.49. The highest BCUT2D eigenvalue weighted by Gasteiger charge is 2.40. The monoisotopic (exact) mass is 421 g/mol. The lowest BCUT2D eigenvalue weighted by Gasteiger charge is -2.44. The summed E-state index contributed by atoms with van der Waals surface area (Å²) in [6.45, 7) is 1.75. The number of carboxylic acid groups (broad SMARTS) is 2. The van der Waals surface area contributed by atoms with E-state index in [1.54, 1.807) is 42.1 Å². The largest absolute Gasteiger partial charge is 0.480 e. The van der Waals surface area contributed by atoms with Gasteiger partial charge < -0.3 is 19.3 Å². The molecule has 8 nitrogen and oxygen atoms in total. The molecule has 2 aliphatic rings. The number of nitrogens with zero attached hydrogens (tertiary/aromatic N) is 3. The Morgan fingerprint density at radius 3 is 2.65 bits per heavy atom. The van der Waals surface area contributed by atoms with Gasteiger partial charge in [-0.2, -0.15) is 0 Å². The Bertz CT molecular complexity index is 1270. The third-order valence-corrected chi connectivity index (χ3v) is 6.67. The number of aromatic nitrogens is 2. The van der Waals surface area contributed by atoms with Crippen LogP contribution in [0, 0.1) is 5.92 Å². The molecular formula is C23H23N3O5. The Balaban J connectivity index is 1.55. The number of aryl methyl sites for hydroxylation is 1. The van der Waals surface area contributed by atoms with Gasteiger partial charge in [-0.3, -0.25) is 14.5 Å². The van der Waals surface area contributed by atoms with Gasteiger partial charge in [-0.15, -0.1) is 0 Å². The smallest absolute Gasteiger partial charge is 0.335 e. The minimum atomic E-state index is -1.02. The van der Waals surface area contributed by atoms with Crippen LogP contribution in [0.15, 0.2) is 47.4 Å². The molecule has 3 atom stereocenters. The molecule has 0 aliphatic carbocycles. The van der Waals surface area contributed by atoms with Crippen molar-refractivity contribution in [3.8, 4) is 0 Å². The van der Waals surface area contributed by atoms with E-state index in [0.29, 0.717) is 30.7 Å². The average Bonchev–Trinajstić information content (AvgIpc) is 3.04. The maximum atomic E-state index is 12.4. The molecule has 2 N–H and O–H groups in total.